The summed E-state index contributed by atoms with van der Waals surface area (Å²) in [4.78, 5) is 0. The van der Waals surface area contributed by atoms with E-state index >= 15 is 0 Å². The molecule has 100 valence electrons. The van der Waals surface area contributed by atoms with Crippen molar-refractivity contribution in [2.75, 3.05) is 17.1 Å². The molecular weight excluding hydrogens is 246 g/mol. The van der Waals surface area contributed by atoms with Gasteiger partial charge >= 0.3 is 0 Å². The van der Waals surface area contributed by atoms with E-state index in [9.17, 15) is 8.42 Å². The third-order valence-electron chi connectivity index (χ3n) is 3.66. The first-order valence-electron chi connectivity index (χ1n) is 6.59. The van der Waals surface area contributed by atoms with Crippen LogP contribution in [-0.4, -0.2) is 21.2 Å². The minimum atomic E-state index is -3.17. The van der Waals surface area contributed by atoms with Crippen LogP contribution in [0.1, 0.15) is 43.7 Å². The number of rotatable bonds is 5. The minimum Gasteiger partial charge on any atom is -0.273 e. The summed E-state index contributed by atoms with van der Waals surface area (Å²) in [6, 6.07) is 6.28. The van der Waals surface area contributed by atoms with Gasteiger partial charge in [-0.15, -0.1) is 0 Å². The SMILES string of the molecule is CCc1ccc(C2CC2)cc1N(C)S(=O)(=O)CC. The number of aryl methyl sites for hydroxylation is 1. The van der Waals surface area contributed by atoms with E-state index in [2.05, 4.69) is 25.1 Å². The maximum atomic E-state index is 12.0. The summed E-state index contributed by atoms with van der Waals surface area (Å²) in [5.41, 5.74) is 3.23. The number of benzene rings is 1. The Morgan fingerprint density at radius 3 is 2.44 bits per heavy atom. The van der Waals surface area contributed by atoms with Crippen LogP contribution in [0.4, 0.5) is 5.69 Å². The minimum absolute atomic E-state index is 0.139. The van der Waals surface area contributed by atoms with Crippen molar-refractivity contribution >= 4 is 15.7 Å². The fourth-order valence-corrected chi connectivity index (χ4v) is 3.04. The van der Waals surface area contributed by atoms with Crippen LogP contribution in [0.3, 0.4) is 0 Å². The largest absolute Gasteiger partial charge is 0.273 e. The van der Waals surface area contributed by atoms with Crippen LogP contribution in [0, 0.1) is 0 Å². The van der Waals surface area contributed by atoms with Gasteiger partial charge in [0.2, 0.25) is 10.0 Å². The molecule has 3 nitrogen and oxygen atoms in total. The zero-order valence-corrected chi connectivity index (χ0v) is 12.1. The summed E-state index contributed by atoms with van der Waals surface area (Å²) in [6.45, 7) is 3.74. The average molecular weight is 267 g/mol. The number of nitrogens with zero attached hydrogens (tertiary/aromatic N) is 1. The van der Waals surface area contributed by atoms with Crippen LogP contribution in [0.5, 0.6) is 0 Å². The first-order valence-corrected chi connectivity index (χ1v) is 8.20. The summed E-state index contributed by atoms with van der Waals surface area (Å²) >= 11 is 0. The molecule has 1 aliphatic carbocycles. The van der Waals surface area contributed by atoms with Crippen molar-refractivity contribution in [2.24, 2.45) is 0 Å². The van der Waals surface area contributed by atoms with Crippen LogP contribution in [0.2, 0.25) is 0 Å². The summed E-state index contributed by atoms with van der Waals surface area (Å²) in [5, 5.41) is 0. The summed E-state index contributed by atoms with van der Waals surface area (Å²) in [5.74, 6) is 0.785. The lowest BCUT2D eigenvalue weighted by Gasteiger charge is -2.22. The highest BCUT2D eigenvalue weighted by atomic mass is 32.2. The second kappa shape index (κ2) is 4.92. The molecule has 1 aromatic carbocycles. The van der Waals surface area contributed by atoms with Gasteiger partial charge in [-0.05, 0) is 49.3 Å². The Balaban J connectivity index is 2.43. The Bertz CT molecular complexity index is 533. The van der Waals surface area contributed by atoms with Gasteiger partial charge in [0.1, 0.15) is 0 Å². The Labute approximate surface area is 110 Å². The molecule has 0 spiro atoms. The van der Waals surface area contributed by atoms with Crippen molar-refractivity contribution in [3.05, 3.63) is 29.3 Å². The Kier molecular flexibility index (Phi) is 3.66. The molecule has 4 heteroatoms. The molecule has 0 N–H and O–H groups in total. The van der Waals surface area contributed by atoms with Gasteiger partial charge in [-0.2, -0.15) is 0 Å². The molecule has 0 radical (unpaired) electrons. The number of hydrogen-bond acceptors (Lipinski definition) is 2. The summed E-state index contributed by atoms with van der Waals surface area (Å²) in [6.07, 6.45) is 3.31. The zero-order chi connectivity index (χ0) is 13.3. The fourth-order valence-electron chi connectivity index (χ4n) is 2.19. The van der Waals surface area contributed by atoms with Crippen molar-refractivity contribution in [3.8, 4) is 0 Å². The topological polar surface area (TPSA) is 37.4 Å². The van der Waals surface area contributed by atoms with Crippen LogP contribution >= 0.6 is 0 Å². The molecule has 1 aromatic rings. The summed E-state index contributed by atoms with van der Waals surface area (Å²) < 4.78 is 25.4. The van der Waals surface area contributed by atoms with E-state index in [1.165, 1.54) is 22.7 Å². The van der Waals surface area contributed by atoms with Crippen molar-refractivity contribution in [1.82, 2.24) is 0 Å². The van der Waals surface area contributed by atoms with Gasteiger partial charge in [0.05, 0.1) is 11.4 Å². The van der Waals surface area contributed by atoms with Crippen molar-refractivity contribution < 1.29 is 8.42 Å². The van der Waals surface area contributed by atoms with E-state index in [0.717, 1.165) is 17.7 Å². The Morgan fingerprint density at radius 2 is 1.94 bits per heavy atom. The third kappa shape index (κ3) is 2.53. The van der Waals surface area contributed by atoms with Gasteiger partial charge in [-0.3, -0.25) is 4.31 Å². The van der Waals surface area contributed by atoms with Gasteiger partial charge < -0.3 is 0 Å². The monoisotopic (exact) mass is 267 g/mol. The van der Waals surface area contributed by atoms with E-state index in [0.29, 0.717) is 5.92 Å². The van der Waals surface area contributed by atoms with Crippen molar-refractivity contribution in [2.45, 2.75) is 39.0 Å². The van der Waals surface area contributed by atoms with Crippen molar-refractivity contribution in [1.29, 1.82) is 0 Å². The lowest BCUT2D eigenvalue weighted by molar-refractivity contribution is 0.595. The maximum Gasteiger partial charge on any atom is 0.234 e. The van der Waals surface area contributed by atoms with Crippen LogP contribution < -0.4 is 4.31 Å². The van der Waals surface area contributed by atoms with Gasteiger partial charge in [0.25, 0.3) is 0 Å². The Hall–Kier alpha value is -1.03. The van der Waals surface area contributed by atoms with E-state index in [4.69, 9.17) is 0 Å². The highest BCUT2D eigenvalue weighted by Gasteiger charge is 2.26. The predicted octanol–water partition coefficient (Wildman–Crippen LogP) is 2.91. The van der Waals surface area contributed by atoms with Gasteiger partial charge in [0.15, 0.2) is 0 Å². The molecule has 1 fully saturated rings. The first kappa shape index (κ1) is 13.4. The fraction of sp³-hybridized carbons (Fsp3) is 0.571. The first-order chi connectivity index (χ1) is 8.49. The standard InChI is InChI=1S/C14H21NO2S/c1-4-11-6-9-13(12-7-8-12)10-14(11)15(3)18(16,17)5-2/h6,9-10,12H,4-5,7-8H2,1-3H3. The van der Waals surface area contributed by atoms with Crippen LogP contribution in [0.15, 0.2) is 18.2 Å². The molecule has 0 heterocycles. The van der Waals surface area contributed by atoms with Gasteiger partial charge in [0, 0.05) is 7.05 Å². The van der Waals surface area contributed by atoms with E-state index < -0.39 is 10.0 Å². The van der Waals surface area contributed by atoms with Gasteiger partial charge in [-0.1, -0.05) is 19.1 Å². The molecule has 0 amide bonds. The number of hydrogen-bond donors (Lipinski definition) is 0. The third-order valence-corrected chi connectivity index (χ3v) is 5.42. The number of anilines is 1. The quantitative estimate of drug-likeness (QED) is 0.822. The highest BCUT2D eigenvalue weighted by Crippen LogP contribution is 2.41. The van der Waals surface area contributed by atoms with Gasteiger partial charge in [-0.25, -0.2) is 8.42 Å². The molecule has 0 bridgehead atoms. The molecule has 0 saturated heterocycles. The lowest BCUT2D eigenvalue weighted by Crippen LogP contribution is -2.29. The van der Waals surface area contributed by atoms with E-state index in [-0.39, 0.29) is 5.75 Å². The molecule has 2 rings (SSSR count). The zero-order valence-electron chi connectivity index (χ0n) is 11.3. The molecule has 0 unspecified atom stereocenters. The Morgan fingerprint density at radius 1 is 1.28 bits per heavy atom. The number of sulfonamides is 1. The average Bonchev–Trinajstić information content (AvgIpc) is 3.21. The lowest BCUT2D eigenvalue weighted by atomic mass is 10.0. The molecule has 0 aliphatic heterocycles. The molecule has 0 aromatic heterocycles. The summed E-state index contributed by atoms with van der Waals surface area (Å²) in [7, 11) is -1.52. The van der Waals surface area contributed by atoms with Crippen molar-refractivity contribution in [3.63, 3.8) is 0 Å². The second-order valence-corrected chi connectivity index (χ2v) is 7.17. The predicted molar refractivity (Wildman–Crippen MR) is 75.7 cm³/mol. The van der Waals surface area contributed by atoms with Crippen LogP contribution in [-0.2, 0) is 16.4 Å². The van der Waals surface area contributed by atoms with E-state index in [1.54, 1.807) is 14.0 Å². The second-order valence-electron chi connectivity index (χ2n) is 4.88. The van der Waals surface area contributed by atoms with E-state index in [1.807, 2.05) is 0 Å². The smallest absolute Gasteiger partial charge is 0.234 e. The molecular formula is C14H21NO2S. The molecule has 18 heavy (non-hydrogen) atoms. The maximum absolute atomic E-state index is 12.0. The normalized spacial score (nSPS) is 15.7. The highest BCUT2D eigenvalue weighted by molar-refractivity contribution is 7.92. The van der Waals surface area contributed by atoms with Crippen LogP contribution in [0.25, 0.3) is 0 Å². The molecule has 0 atom stereocenters. The molecule has 1 aliphatic rings. The molecule has 1 saturated carbocycles.